The van der Waals surface area contributed by atoms with E-state index in [4.69, 9.17) is 10.5 Å². The van der Waals surface area contributed by atoms with Crippen molar-refractivity contribution in [3.63, 3.8) is 0 Å². The minimum atomic E-state index is 0.671. The number of nitrogens with two attached hydrogens (primary N) is 1. The summed E-state index contributed by atoms with van der Waals surface area (Å²) in [6.07, 6.45) is 6.05. The second kappa shape index (κ2) is 6.21. The van der Waals surface area contributed by atoms with Gasteiger partial charge in [0.05, 0.1) is 0 Å². The lowest BCUT2D eigenvalue weighted by Crippen LogP contribution is -2.03. The molecule has 1 saturated carbocycles. The first-order valence-corrected chi connectivity index (χ1v) is 7.08. The SMILES string of the molecule is COCCCCCNc1snc(N)c1C1CC1. The molecule has 0 saturated heterocycles. The summed E-state index contributed by atoms with van der Waals surface area (Å²) >= 11 is 1.50. The maximum absolute atomic E-state index is 5.90. The van der Waals surface area contributed by atoms with E-state index in [9.17, 15) is 0 Å². The normalized spacial score (nSPS) is 15.1. The first-order valence-electron chi connectivity index (χ1n) is 6.30. The molecule has 2 rings (SSSR count). The van der Waals surface area contributed by atoms with Crippen LogP contribution in [0.25, 0.3) is 0 Å². The van der Waals surface area contributed by atoms with E-state index in [0.29, 0.717) is 5.92 Å². The lowest BCUT2D eigenvalue weighted by atomic mass is 10.2. The molecule has 4 nitrogen and oxygen atoms in total. The fraction of sp³-hybridized carbons (Fsp3) is 0.750. The maximum Gasteiger partial charge on any atom is 0.142 e. The number of nitrogens with one attached hydrogen (secondary N) is 1. The monoisotopic (exact) mass is 255 g/mol. The Labute approximate surface area is 107 Å². The van der Waals surface area contributed by atoms with Gasteiger partial charge in [-0.3, -0.25) is 0 Å². The van der Waals surface area contributed by atoms with Crippen molar-refractivity contribution in [3.8, 4) is 0 Å². The number of aromatic nitrogens is 1. The van der Waals surface area contributed by atoms with Crippen molar-refractivity contribution in [1.29, 1.82) is 0 Å². The topological polar surface area (TPSA) is 60.2 Å². The zero-order chi connectivity index (χ0) is 12.1. The lowest BCUT2D eigenvalue weighted by Gasteiger charge is -2.06. The van der Waals surface area contributed by atoms with Crippen molar-refractivity contribution >= 4 is 22.4 Å². The Balaban J connectivity index is 1.71. The summed E-state index contributed by atoms with van der Waals surface area (Å²) in [6.45, 7) is 1.87. The zero-order valence-corrected chi connectivity index (χ0v) is 11.2. The number of hydrogen-bond acceptors (Lipinski definition) is 5. The van der Waals surface area contributed by atoms with Crippen LogP contribution in [0.5, 0.6) is 0 Å². The molecule has 0 unspecified atom stereocenters. The summed E-state index contributed by atoms with van der Waals surface area (Å²) in [5.74, 6) is 1.41. The number of rotatable bonds is 8. The fourth-order valence-electron chi connectivity index (χ4n) is 1.95. The van der Waals surface area contributed by atoms with Crippen LogP contribution in [0.1, 0.15) is 43.6 Å². The minimum absolute atomic E-state index is 0.671. The number of hydrogen-bond donors (Lipinski definition) is 2. The smallest absolute Gasteiger partial charge is 0.142 e. The Hall–Kier alpha value is -0.810. The predicted octanol–water partition coefficient (Wildman–Crippen LogP) is 2.83. The van der Waals surface area contributed by atoms with Gasteiger partial charge < -0.3 is 15.8 Å². The minimum Gasteiger partial charge on any atom is -0.385 e. The molecule has 1 heterocycles. The average molecular weight is 255 g/mol. The highest BCUT2D eigenvalue weighted by atomic mass is 32.1. The highest BCUT2D eigenvalue weighted by Gasteiger charge is 2.30. The summed E-state index contributed by atoms with van der Waals surface area (Å²) in [5, 5.41) is 4.66. The molecule has 1 aliphatic rings. The van der Waals surface area contributed by atoms with Gasteiger partial charge in [0.1, 0.15) is 10.8 Å². The van der Waals surface area contributed by atoms with Crippen molar-refractivity contribution < 1.29 is 4.74 Å². The van der Waals surface area contributed by atoms with Crippen molar-refractivity contribution in [2.45, 2.75) is 38.0 Å². The van der Waals surface area contributed by atoms with Gasteiger partial charge in [-0.2, -0.15) is 4.37 Å². The Morgan fingerprint density at radius 2 is 2.24 bits per heavy atom. The highest BCUT2D eigenvalue weighted by Crippen LogP contribution is 2.47. The quantitative estimate of drug-likeness (QED) is 0.701. The van der Waals surface area contributed by atoms with Crippen molar-refractivity contribution in [3.05, 3.63) is 5.56 Å². The number of ether oxygens (including phenoxy) is 1. The van der Waals surface area contributed by atoms with E-state index in [-0.39, 0.29) is 0 Å². The summed E-state index contributed by atoms with van der Waals surface area (Å²) in [5.41, 5.74) is 7.17. The van der Waals surface area contributed by atoms with Crippen LogP contribution in [0.15, 0.2) is 0 Å². The molecule has 3 N–H and O–H groups in total. The Morgan fingerprint density at radius 3 is 2.94 bits per heavy atom. The molecule has 1 aromatic heterocycles. The third-order valence-electron chi connectivity index (χ3n) is 3.05. The molecule has 96 valence electrons. The average Bonchev–Trinajstić information content (AvgIpc) is 3.09. The Kier molecular flexibility index (Phi) is 4.62. The Bertz CT molecular complexity index is 350. The molecule has 0 amide bonds. The van der Waals surface area contributed by atoms with Crippen LogP contribution >= 0.6 is 11.5 Å². The Morgan fingerprint density at radius 1 is 1.41 bits per heavy atom. The van der Waals surface area contributed by atoms with E-state index in [1.54, 1.807) is 7.11 Å². The number of methoxy groups -OCH3 is 1. The summed E-state index contributed by atoms with van der Waals surface area (Å²) in [4.78, 5) is 0. The van der Waals surface area contributed by atoms with Crippen LogP contribution in [0.2, 0.25) is 0 Å². The molecule has 0 aromatic carbocycles. The molecule has 1 aliphatic carbocycles. The zero-order valence-electron chi connectivity index (χ0n) is 10.4. The fourth-order valence-corrected chi connectivity index (χ4v) is 2.78. The molecular weight excluding hydrogens is 234 g/mol. The second-order valence-electron chi connectivity index (χ2n) is 4.57. The van der Waals surface area contributed by atoms with Crippen LogP contribution in [0.3, 0.4) is 0 Å². The van der Waals surface area contributed by atoms with E-state index >= 15 is 0 Å². The summed E-state index contributed by atoms with van der Waals surface area (Å²) < 4.78 is 9.27. The number of unbranched alkanes of at least 4 members (excludes halogenated alkanes) is 2. The first kappa shape index (κ1) is 12.6. The van der Waals surface area contributed by atoms with Gasteiger partial charge in [-0.05, 0) is 49.6 Å². The van der Waals surface area contributed by atoms with Gasteiger partial charge in [-0.25, -0.2) is 0 Å². The third kappa shape index (κ3) is 3.57. The number of nitrogen functional groups attached to an aromatic ring is 1. The van der Waals surface area contributed by atoms with Gasteiger partial charge >= 0.3 is 0 Å². The maximum atomic E-state index is 5.90. The van der Waals surface area contributed by atoms with E-state index in [1.807, 2.05) is 0 Å². The first-order chi connectivity index (χ1) is 8.33. The predicted molar refractivity (Wildman–Crippen MR) is 72.7 cm³/mol. The van der Waals surface area contributed by atoms with Gasteiger partial charge in [-0.1, -0.05) is 0 Å². The molecule has 1 aromatic rings. The van der Waals surface area contributed by atoms with E-state index in [1.165, 1.54) is 47.8 Å². The molecule has 5 heteroatoms. The van der Waals surface area contributed by atoms with Gasteiger partial charge in [0.15, 0.2) is 0 Å². The van der Waals surface area contributed by atoms with Gasteiger partial charge in [0.2, 0.25) is 0 Å². The van der Waals surface area contributed by atoms with Crippen molar-refractivity contribution in [2.75, 3.05) is 31.3 Å². The summed E-state index contributed by atoms with van der Waals surface area (Å²) in [6, 6.07) is 0. The molecule has 0 bridgehead atoms. The standard InChI is InChI=1S/C12H21N3OS/c1-16-8-4-2-3-7-14-12-10(9-5-6-9)11(13)15-17-12/h9,14H,2-8H2,1H3,(H2,13,15). The van der Waals surface area contributed by atoms with E-state index in [0.717, 1.165) is 25.4 Å². The molecule has 0 radical (unpaired) electrons. The van der Waals surface area contributed by atoms with Gasteiger partial charge in [0.25, 0.3) is 0 Å². The third-order valence-corrected chi connectivity index (χ3v) is 3.89. The van der Waals surface area contributed by atoms with Crippen LogP contribution in [0.4, 0.5) is 10.8 Å². The molecule has 0 spiro atoms. The van der Waals surface area contributed by atoms with Crippen molar-refractivity contribution in [2.24, 2.45) is 0 Å². The van der Waals surface area contributed by atoms with Crippen molar-refractivity contribution in [1.82, 2.24) is 4.37 Å². The van der Waals surface area contributed by atoms with E-state index in [2.05, 4.69) is 9.69 Å². The molecule has 1 fully saturated rings. The molecule has 0 aliphatic heterocycles. The van der Waals surface area contributed by atoms with Crippen LogP contribution in [-0.2, 0) is 4.74 Å². The molecule has 0 atom stereocenters. The number of anilines is 2. The number of nitrogens with zero attached hydrogens (tertiary/aromatic N) is 1. The lowest BCUT2D eigenvalue weighted by molar-refractivity contribution is 0.192. The van der Waals surface area contributed by atoms with Crippen LogP contribution in [0, 0.1) is 0 Å². The highest BCUT2D eigenvalue weighted by molar-refractivity contribution is 7.10. The molecule has 17 heavy (non-hydrogen) atoms. The van der Waals surface area contributed by atoms with Crippen LogP contribution < -0.4 is 11.1 Å². The van der Waals surface area contributed by atoms with E-state index < -0.39 is 0 Å². The largest absolute Gasteiger partial charge is 0.385 e. The second-order valence-corrected chi connectivity index (χ2v) is 5.34. The summed E-state index contributed by atoms with van der Waals surface area (Å²) in [7, 11) is 1.75. The van der Waals surface area contributed by atoms with Crippen LogP contribution in [-0.4, -0.2) is 24.6 Å². The van der Waals surface area contributed by atoms with Gasteiger partial charge in [0, 0.05) is 25.8 Å². The molecular formula is C12H21N3OS. The van der Waals surface area contributed by atoms with Gasteiger partial charge in [-0.15, -0.1) is 0 Å².